The summed E-state index contributed by atoms with van der Waals surface area (Å²) < 4.78 is 0. The molecular formula is C9H12N4. The molecule has 0 amide bonds. The summed E-state index contributed by atoms with van der Waals surface area (Å²) in [5, 5.41) is 1.08. The molecule has 0 saturated heterocycles. The van der Waals surface area contributed by atoms with Gasteiger partial charge in [-0.3, -0.25) is 0 Å². The minimum absolute atomic E-state index is 0.654. The standard InChI is InChI=1S/C9H12N4/c1-6-11-5-8-7(2-3-10)4-12-9(8)13-6/h4-5H,2-3,10H2,1H3,(H,11,12,13). The summed E-state index contributed by atoms with van der Waals surface area (Å²) in [4.78, 5) is 11.5. The molecule has 2 aromatic heterocycles. The largest absolute Gasteiger partial charge is 0.346 e. The second-order valence-electron chi connectivity index (χ2n) is 3.03. The molecule has 2 heterocycles. The zero-order chi connectivity index (χ0) is 9.26. The van der Waals surface area contributed by atoms with Gasteiger partial charge in [-0.2, -0.15) is 0 Å². The van der Waals surface area contributed by atoms with E-state index in [1.807, 2.05) is 19.3 Å². The molecule has 0 spiro atoms. The molecule has 4 heteroatoms. The van der Waals surface area contributed by atoms with E-state index in [1.165, 1.54) is 5.56 Å². The van der Waals surface area contributed by atoms with Crippen molar-refractivity contribution < 1.29 is 0 Å². The highest BCUT2D eigenvalue weighted by Gasteiger charge is 2.03. The third kappa shape index (κ3) is 1.40. The lowest BCUT2D eigenvalue weighted by molar-refractivity contribution is 0.975. The summed E-state index contributed by atoms with van der Waals surface area (Å²) in [5.74, 6) is 0.786. The van der Waals surface area contributed by atoms with Gasteiger partial charge >= 0.3 is 0 Å². The number of H-pyrrole nitrogens is 1. The number of aromatic nitrogens is 3. The predicted octanol–water partition coefficient (Wildman–Crippen LogP) is 0.768. The lowest BCUT2D eigenvalue weighted by Gasteiger charge is -1.95. The van der Waals surface area contributed by atoms with Crippen molar-refractivity contribution in [3.8, 4) is 0 Å². The molecule has 0 aliphatic rings. The van der Waals surface area contributed by atoms with Crippen LogP contribution in [-0.4, -0.2) is 21.5 Å². The summed E-state index contributed by atoms with van der Waals surface area (Å²) in [6.07, 6.45) is 4.66. The van der Waals surface area contributed by atoms with Crippen LogP contribution in [0.3, 0.4) is 0 Å². The Balaban J connectivity index is 2.55. The lowest BCUT2D eigenvalue weighted by atomic mass is 10.2. The first kappa shape index (κ1) is 8.19. The van der Waals surface area contributed by atoms with Crippen molar-refractivity contribution >= 4 is 11.0 Å². The number of rotatable bonds is 2. The van der Waals surface area contributed by atoms with Crippen LogP contribution in [0.4, 0.5) is 0 Å². The van der Waals surface area contributed by atoms with Gasteiger partial charge in [-0.15, -0.1) is 0 Å². The second-order valence-corrected chi connectivity index (χ2v) is 3.03. The van der Waals surface area contributed by atoms with Gasteiger partial charge in [0.15, 0.2) is 0 Å². The van der Waals surface area contributed by atoms with Crippen molar-refractivity contribution in [3.05, 3.63) is 23.8 Å². The highest BCUT2D eigenvalue weighted by molar-refractivity contribution is 5.78. The molecular weight excluding hydrogens is 164 g/mol. The molecule has 68 valence electrons. The molecule has 0 radical (unpaired) electrons. The molecule has 4 nitrogen and oxygen atoms in total. The average molecular weight is 176 g/mol. The van der Waals surface area contributed by atoms with Gasteiger partial charge in [0.25, 0.3) is 0 Å². The van der Waals surface area contributed by atoms with Crippen LogP contribution in [-0.2, 0) is 6.42 Å². The van der Waals surface area contributed by atoms with Gasteiger partial charge in [0.2, 0.25) is 0 Å². The number of hydrogen-bond acceptors (Lipinski definition) is 3. The van der Waals surface area contributed by atoms with Crippen LogP contribution in [0.2, 0.25) is 0 Å². The zero-order valence-corrected chi connectivity index (χ0v) is 7.54. The first-order valence-electron chi connectivity index (χ1n) is 4.31. The molecule has 0 saturated carbocycles. The maximum Gasteiger partial charge on any atom is 0.141 e. The van der Waals surface area contributed by atoms with E-state index in [1.54, 1.807) is 0 Å². The van der Waals surface area contributed by atoms with Crippen LogP contribution in [0.15, 0.2) is 12.4 Å². The summed E-state index contributed by atoms with van der Waals surface area (Å²) in [6.45, 7) is 2.53. The molecule has 2 aromatic rings. The van der Waals surface area contributed by atoms with Crippen molar-refractivity contribution in [1.82, 2.24) is 15.0 Å². The first-order chi connectivity index (χ1) is 6.31. The molecule has 0 unspecified atom stereocenters. The zero-order valence-electron chi connectivity index (χ0n) is 7.54. The normalized spacial score (nSPS) is 10.9. The Morgan fingerprint density at radius 2 is 2.38 bits per heavy atom. The second kappa shape index (κ2) is 3.14. The van der Waals surface area contributed by atoms with Crippen LogP contribution in [0.1, 0.15) is 11.4 Å². The van der Waals surface area contributed by atoms with Crippen molar-refractivity contribution in [2.24, 2.45) is 5.73 Å². The molecule has 0 atom stereocenters. The number of aryl methyl sites for hydroxylation is 1. The van der Waals surface area contributed by atoms with Gasteiger partial charge in [-0.25, -0.2) is 9.97 Å². The Hall–Kier alpha value is -1.42. The summed E-state index contributed by atoms with van der Waals surface area (Å²) >= 11 is 0. The van der Waals surface area contributed by atoms with E-state index < -0.39 is 0 Å². The number of nitrogens with one attached hydrogen (secondary N) is 1. The highest BCUT2D eigenvalue weighted by Crippen LogP contribution is 2.15. The van der Waals surface area contributed by atoms with Crippen molar-refractivity contribution in [2.45, 2.75) is 13.3 Å². The maximum atomic E-state index is 5.49. The van der Waals surface area contributed by atoms with Crippen molar-refractivity contribution in [1.29, 1.82) is 0 Å². The molecule has 0 aliphatic heterocycles. The fraction of sp³-hybridized carbons (Fsp3) is 0.333. The van der Waals surface area contributed by atoms with Crippen LogP contribution < -0.4 is 5.73 Å². The predicted molar refractivity (Wildman–Crippen MR) is 51.4 cm³/mol. The van der Waals surface area contributed by atoms with E-state index in [2.05, 4.69) is 15.0 Å². The van der Waals surface area contributed by atoms with E-state index in [0.717, 1.165) is 23.3 Å². The Bertz CT molecular complexity index is 418. The van der Waals surface area contributed by atoms with Gasteiger partial charge in [0.05, 0.1) is 0 Å². The Morgan fingerprint density at radius 3 is 3.15 bits per heavy atom. The van der Waals surface area contributed by atoms with Gasteiger partial charge in [0.1, 0.15) is 11.5 Å². The SMILES string of the molecule is Cc1ncc2c(CCN)c[nH]c2n1. The molecule has 13 heavy (non-hydrogen) atoms. The van der Waals surface area contributed by atoms with Crippen LogP contribution in [0.25, 0.3) is 11.0 Å². The minimum Gasteiger partial charge on any atom is -0.346 e. The number of aromatic amines is 1. The van der Waals surface area contributed by atoms with Gasteiger partial charge in [0, 0.05) is 17.8 Å². The number of nitrogens with two attached hydrogens (primary N) is 1. The van der Waals surface area contributed by atoms with Crippen molar-refractivity contribution in [3.63, 3.8) is 0 Å². The molecule has 3 N–H and O–H groups in total. The average Bonchev–Trinajstić information content (AvgIpc) is 2.49. The molecule has 0 fully saturated rings. The van der Waals surface area contributed by atoms with E-state index in [9.17, 15) is 0 Å². The van der Waals surface area contributed by atoms with Crippen LogP contribution in [0.5, 0.6) is 0 Å². The Labute approximate surface area is 76.2 Å². The maximum absolute atomic E-state index is 5.49. The van der Waals surface area contributed by atoms with Gasteiger partial charge in [-0.1, -0.05) is 0 Å². The van der Waals surface area contributed by atoms with Crippen molar-refractivity contribution in [2.75, 3.05) is 6.54 Å². The minimum atomic E-state index is 0.654. The molecule has 2 rings (SSSR count). The van der Waals surface area contributed by atoms with E-state index in [4.69, 9.17) is 5.73 Å². The number of nitrogens with zero attached hydrogens (tertiary/aromatic N) is 2. The number of hydrogen-bond donors (Lipinski definition) is 2. The van der Waals surface area contributed by atoms with E-state index in [0.29, 0.717) is 6.54 Å². The quantitative estimate of drug-likeness (QED) is 0.710. The van der Waals surface area contributed by atoms with Gasteiger partial charge < -0.3 is 10.7 Å². The fourth-order valence-electron chi connectivity index (χ4n) is 1.41. The summed E-state index contributed by atoms with van der Waals surface area (Å²) in [6, 6.07) is 0. The summed E-state index contributed by atoms with van der Waals surface area (Å²) in [5.41, 5.74) is 7.58. The van der Waals surface area contributed by atoms with Gasteiger partial charge in [-0.05, 0) is 25.5 Å². The fourth-order valence-corrected chi connectivity index (χ4v) is 1.41. The van der Waals surface area contributed by atoms with E-state index in [-0.39, 0.29) is 0 Å². The molecule has 0 aromatic carbocycles. The molecule has 0 aliphatic carbocycles. The van der Waals surface area contributed by atoms with E-state index >= 15 is 0 Å². The number of fused-ring (bicyclic) bond motifs is 1. The first-order valence-corrected chi connectivity index (χ1v) is 4.31. The third-order valence-electron chi connectivity index (χ3n) is 2.05. The highest BCUT2D eigenvalue weighted by atomic mass is 14.9. The van der Waals surface area contributed by atoms with Crippen LogP contribution >= 0.6 is 0 Å². The Kier molecular flexibility index (Phi) is 1.98. The third-order valence-corrected chi connectivity index (χ3v) is 2.05. The smallest absolute Gasteiger partial charge is 0.141 e. The topological polar surface area (TPSA) is 67.6 Å². The monoisotopic (exact) mass is 176 g/mol. The summed E-state index contributed by atoms with van der Waals surface area (Å²) in [7, 11) is 0. The lowest BCUT2D eigenvalue weighted by Crippen LogP contribution is -2.02. The molecule has 0 bridgehead atoms. The van der Waals surface area contributed by atoms with Crippen LogP contribution in [0, 0.1) is 6.92 Å². The Morgan fingerprint density at radius 1 is 1.54 bits per heavy atom.